The fraction of sp³-hybridized carbons (Fsp3) is 0.296. The van der Waals surface area contributed by atoms with E-state index >= 15 is 0 Å². The zero-order chi connectivity index (χ0) is 20.1. The third-order valence-electron chi connectivity index (χ3n) is 5.89. The molecular weight excluding hydrogens is 369 g/mol. The summed E-state index contributed by atoms with van der Waals surface area (Å²) < 4.78 is 0. The summed E-state index contributed by atoms with van der Waals surface area (Å²) in [6, 6.07) is 27.1. The molecule has 0 unspecified atom stereocenters. The number of aryl methyl sites for hydroxylation is 2. The first-order valence-corrected chi connectivity index (χ1v) is 12.1. The normalized spacial score (nSPS) is 15.3. The van der Waals surface area contributed by atoms with Gasteiger partial charge in [0.1, 0.15) is 0 Å². The van der Waals surface area contributed by atoms with Gasteiger partial charge >= 0.3 is 0 Å². The van der Waals surface area contributed by atoms with Crippen LogP contribution < -0.4 is 15.9 Å². The van der Waals surface area contributed by atoms with Crippen molar-refractivity contribution in [1.29, 1.82) is 0 Å². The Bertz CT molecular complexity index is 940. The first-order chi connectivity index (χ1) is 14.2. The van der Waals surface area contributed by atoms with Crippen LogP contribution in [-0.2, 0) is 0 Å². The van der Waals surface area contributed by atoms with Gasteiger partial charge in [-0.15, -0.1) is 0 Å². The van der Waals surface area contributed by atoms with E-state index in [1.807, 2.05) is 0 Å². The average Bonchev–Trinajstić information content (AvgIpc) is 2.76. The Kier molecular flexibility index (Phi) is 6.57. The lowest BCUT2D eigenvalue weighted by atomic mass is 9.96. The summed E-state index contributed by atoms with van der Waals surface area (Å²) in [4.78, 5) is 5.01. The van der Waals surface area contributed by atoms with E-state index in [9.17, 15) is 0 Å². The molecule has 0 spiro atoms. The van der Waals surface area contributed by atoms with Gasteiger partial charge in [0.25, 0.3) is 0 Å². The molecule has 0 aliphatic heterocycles. The van der Waals surface area contributed by atoms with Crippen LogP contribution in [0.25, 0.3) is 0 Å². The van der Waals surface area contributed by atoms with Gasteiger partial charge in [-0.3, -0.25) is 4.99 Å². The molecule has 1 nitrogen and oxygen atoms in total. The summed E-state index contributed by atoms with van der Waals surface area (Å²) in [6.45, 7) is 4.48. The van der Waals surface area contributed by atoms with Crippen molar-refractivity contribution in [3.63, 3.8) is 0 Å². The molecule has 0 saturated heterocycles. The van der Waals surface area contributed by atoms with E-state index in [1.165, 1.54) is 64.7 Å². The quantitative estimate of drug-likeness (QED) is 0.379. The molecule has 29 heavy (non-hydrogen) atoms. The lowest BCUT2D eigenvalue weighted by molar-refractivity contribution is 0.444. The van der Waals surface area contributed by atoms with Crippen LogP contribution in [0.4, 0.5) is 0 Å². The van der Waals surface area contributed by atoms with Crippen molar-refractivity contribution in [2.45, 2.75) is 52.0 Å². The van der Waals surface area contributed by atoms with Crippen LogP contribution in [0.2, 0.25) is 0 Å². The number of hydrogen-bond donors (Lipinski definition) is 0. The van der Waals surface area contributed by atoms with E-state index in [0.29, 0.717) is 6.04 Å². The third kappa shape index (κ3) is 4.68. The molecule has 0 N–H and O–H groups in total. The van der Waals surface area contributed by atoms with Gasteiger partial charge in [0, 0.05) is 17.8 Å². The summed E-state index contributed by atoms with van der Waals surface area (Å²) in [5.74, 6) is 0. The van der Waals surface area contributed by atoms with Crippen molar-refractivity contribution in [2.24, 2.45) is 4.99 Å². The summed E-state index contributed by atoms with van der Waals surface area (Å²) in [5, 5.41) is 4.29. The number of benzene rings is 3. The van der Waals surface area contributed by atoms with E-state index < -0.39 is 7.92 Å². The largest absolute Gasteiger partial charge is 0.289 e. The predicted molar refractivity (Wildman–Crippen MR) is 129 cm³/mol. The van der Waals surface area contributed by atoms with Gasteiger partial charge in [-0.05, 0) is 61.7 Å². The maximum atomic E-state index is 5.01. The summed E-state index contributed by atoms with van der Waals surface area (Å²) >= 11 is 0. The highest BCUT2D eigenvalue weighted by Gasteiger charge is 2.22. The third-order valence-corrected chi connectivity index (χ3v) is 8.75. The summed E-state index contributed by atoms with van der Waals surface area (Å²) in [6.07, 6.45) is 8.66. The van der Waals surface area contributed by atoms with E-state index in [4.69, 9.17) is 4.99 Å². The van der Waals surface area contributed by atoms with Gasteiger partial charge in [0.15, 0.2) is 0 Å². The zero-order valence-corrected chi connectivity index (χ0v) is 18.4. The monoisotopic (exact) mass is 399 g/mol. The van der Waals surface area contributed by atoms with E-state index in [-0.39, 0.29) is 0 Å². The lowest BCUT2D eigenvalue weighted by Crippen LogP contribution is -2.26. The molecule has 0 atom stereocenters. The summed E-state index contributed by atoms with van der Waals surface area (Å²) in [5.41, 5.74) is 4.00. The van der Waals surface area contributed by atoms with Crippen molar-refractivity contribution in [1.82, 2.24) is 0 Å². The Morgan fingerprint density at radius 1 is 0.690 bits per heavy atom. The Labute approximate surface area is 176 Å². The van der Waals surface area contributed by atoms with Crippen molar-refractivity contribution >= 4 is 30.0 Å². The molecule has 4 rings (SSSR count). The Morgan fingerprint density at radius 3 is 1.79 bits per heavy atom. The highest BCUT2D eigenvalue weighted by Crippen LogP contribution is 2.36. The van der Waals surface area contributed by atoms with Gasteiger partial charge in [0.05, 0.1) is 0 Å². The molecule has 3 aromatic rings. The minimum Gasteiger partial charge on any atom is -0.289 e. The topological polar surface area (TPSA) is 12.4 Å². The molecule has 0 heterocycles. The maximum Gasteiger partial charge on any atom is 0.0499 e. The molecule has 1 saturated carbocycles. The van der Waals surface area contributed by atoms with Crippen molar-refractivity contribution in [3.8, 4) is 0 Å². The van der Waals surface area contributed by atoms with Crippen LogP contribution >= 0.6 is 7.92 Å². The molecule has 1 aliphatic carbocycles. The predicted octanol–water partition coefficient (Wildman–Crippen LogP) is 5.81. The Hall–Kier alpha value is -2.24. The molecule has 148 valence electrons. The minimum atomic E-state index is -0.629. The number of rotatable bonds is 5. The molecule has 1 aliphatic rings. The molecule has 0 radical (unpaired) electrons. The summed E-state index contributed by atoms with van der Waals surface area (Å²) in [7, 11) is -0.629. The van der Waals surface area contributed by atoms with Crippen molar-refractivity contribution < 1.29 is 0 Å². The fourth-order valence-corrected chi connectivity index (χ4v) is 6.96. The first kappa shape index (κ1) is 20.0. The van der Waals surface area contributed by atoms with Crippen molar-refractivity contribution in [3.05, 3.63) is 89.5 Å². The van der Waals surface area contributed by atoms with Crippen LogP contribution in [0, 0.1) is 13.8 Å². The van der Waals surface area contributed by atoms with Gasteiger partial charge < -0.3 is 0 Å². The van der Waals surface area contributed by atoms with Crippen LogP contribution in [0.1, 0.15) is 48.8 Å². The first-order valence-electron chi connectivity index (χ1n) is 10.8. The second-order valence-corrected chi connectivity index (χ2v) is 10.2. The minimum absolute atomic E-state index is 0.500. The number of hydrogen-bond acceptors (Lipinski definition) is 1. The van der Waals surface area contributed by atoms with E-state index in [0.717, 1.165) is 0 Å². The maximum absolute atomic E-state index is 5.01. The zero-order valence-electron chi connectivity index (χ0n) is 17.5. The van der Waals surface area contributed by atoms with E-state index in [1.54, 1.807) is 0 Å². The van der Waals surface area contributed by atoms with E-state index in [2.05, 4.69) is 92.9 Å². The second-order valence-electron chi connectivity index (χ2n) is 8.04. The van der Waals surface area contributed by atoms with Crippen LogP contribution in [0.15, 0.2) is 77.8 Å². The van der Waals surface area contributed by atoms with Crippen LogP contribution in [0.3, 0.4) is 0 Å². The van der Waals surface area contributed by atoms with Crippen LogP contribution in [0.5, 0.6) is 0 Å². The smallest absolute Gasteiger partial charge is 0.0499 e. The van der Waals surface area contributed by atoms with Crippen LogP contribution in [-0.4, -0.2) is 12.3 Å². The number of aliphatic imine (C=N–C) groups is 1. The molecule has 1 fully saturated rings. The molecule has 0 bridgehead atoms. The van der Waals surface area contributed by atoms with Gasteiger partial charge in [0.2, 0.25) is 0 Å². The molecule has 0 amide bonds. The Morgan fingerprint density at radius 2 is 1.21 bits per heavy atom. The highest BCUT2D eigenvalue weighted by molar-refractivity contribution is 7.80. The van der Waals surface area contributed by atoms with Gasteiger partial charge in [-0.1, -0.05) is 92.1 Å². The SMILES string of the molecule is Cc1ccccc1P(c1ccccc1C)c1ccccc1C=NC1CCCCC1. The number of nitrogens with zero attached hydrogens (tertiary/aromatic N) is 1. The molecule has 0 aromatic heterocycles. The fourth-order valence-electron chi connectivity index (χ4n) is 4.23. The highest BCUT2D eigenvalue weighted by atomic mass is 31.1. The average molecular weight is 400 g/mol. The van der Waals surface area contributed by atoms with Gasteiger partial charge in [-0.2, -0.15) is 0 Å². The second kappa shape index (κ2) is 9.51. The molecule has 2 heteroatoms. The molecular formula is C27H30NP. The standard InChI is InChI=1S/C27H30NP/c1-21-12-6-9-17-25(21)29(26-18-10-7-13-22(26)2)27-19-11-8-14-23(27)20-28-24-15-4-3-5-16-24/h6-14,17-20,24H,3-5,15-16H2,1-2H3. The van der Waals surface area contributed by atoms with Gasteiger partial charge in [-0.25, -0.2) is 0 Å². The molecule has 3 aromatic carbocycles. The Balaban J connectivity index is 1.81. The van der Waals surface area contributed by atoms with Crippen molar-refractivity contribution in [2.75, 3.05) is 0 Å². The lowest BCUT2D eigenvalue weighted by Gasteiger charge is -2.24.